The number of methoxy groups -OCH3 is 1. The summed E-state index contributed by atoms with van der Waals surface area (Å²) in [7, 11) is 1.43. The molecule has 0 unspecified atom stereocenters. The number of hydrogen-bond acceptors (Lipinski definition) is 9. The molecule has 4 aromatic rings. The molecule has 0 amide bonds. The van der Waals surface area contributed by atoms with Crippen molar-refractivity contribution >= 4 is 49.6 Å². The normalized spacial score (nSPS) is 15.2. The van der Waals surface area contributed by atoms with Crippen LogP contribution in [-0.2, 0) is 4.74 Å². The monoisotopic (exact) mass is 507 g/mol. The minimum Gasteiger partial charge on any atom is -0.484 e. The van der Waals surface area contributed by atoms with E-state index in [4.69, 9.17) is 35.5 Å². The van der Waals surface area contributed by atoms with E-state index in [-0.39, 0.29) is 30.2 Å². The molecule has 0 N–H and O–H groups in total. The Morgan fingerprint density at radius 1 is 1.29 bits per heavy atom. The van der Waals surface area contributed by atoms with Crippen LogP contribution >= 0.6 is 22.9 Å². The van der Waals surface area contributed by atoms with Crippen LogP contribution < -0.4 is 14.2 Å². The van der Waals surface area contributed by atoms with Crippen LogP contribution in [0.4, 0.5) is 13.6 Å². The molecule has 2 aromatic carbocycles. The zero-order valence-electron chi connectivity index (χ0n) is 17.8. The molecule has 1 aliphatic rings. The number of ether oxygens (including phenoxy) is 4. The number of thiazole rings is 1. The predicted molar refractivity (Wildman–Crippen MR) is 122 cm³/mol. The molecule has 8 nitrogen and oxygen atoms in total. The molecule has 0 saturated heterocycles. The summed E-state index contributed by atoms with van der Waals surface area (Å²) in [6.07, 6.45) is -1.79. The van der Waals surface area contributed by atoms with Crippen molar-refractivity contribution in [3.05, 3.63) is 35.5 Å². The first-order valence-corrected chi connectivity index (χ1v) is 11.2. The Kier molecular flexibility index (Phi) is 5.82. The fraction of sp³-hybridized carbons (Fsp3) is 0.273. The minimum atomic E-state index is -2.70. The number of benzene rings is 2. The minimum absolute atomic E-state index is 0.0542. The van der Waals surface area contributed by atoms with Crippen LogP contribution in [0.25, 0.3) is 31.8 Å². The highest BCUT2D eigenvalue weighted by molar-refractivity contribution is 7.22. The number of nitrogens with zero attached hydrogens (tertiary/aromatic N) is 3. The summed E-state index contributed by atoms with van der Waals surface area (Å²) in [5.74, 6) is 1.18. The van der Waals surface area contributed by atoms with Gasteiger partial charge in [-0.2, -0.15) is 0 Å². The largest absolute Gasteiger partial charge is 0.484 e. The number of hydrogen-bond donors (Lipinski definition) is 0. The number of fused-ring (bicyclic) bond motifs is 4. The van der Waals surface area contributed by atoms with Gasteiger partial charge in [-0.25, -0.2) is 28.5 Å². The maximum Gasteiger partial charge on any atom is 0.403 e. The van der Waals surface area contributed by atoms with Crippen molar-refractivity contribution < 1.29 is 32.5 Å². The van der Waals surface area contributed by atoms with Gasteiger partial charge in [-0.15, -0.1) is 11.3 Å². The van der Waals surface area contributed by atoms with E-state index in [0.29, 0.717) is 37.8 Å². The first kappa shape index (κ1) is 22.5. The van der Waals surface area contributed by atoms with E-state index in [9.17, 15) is 13.6 Å². The Morgan fingerprint density at radius 2 is 2.12 bits per heavy atom. The van der Waals surface area contributed by atoms with E-state index < -0.39 is 18.0 Å². The lowest BCUT2D eigenvalue weighted by atomic mass is 10.1. The molecule has 0 aliphatic carbocycles. The molecule has 0 radical (unpaired) electrons. The maximum atomic E-state index is 13.6. The average Bonchev–Trinajstić information content (AvgIpc) is 3.27. The number of carbonyl (C=O) groups is 1. The van der Waals surface area contributed by atoms with E-state index in [1.54, 1.807) is 6.07 Å². The zero-order valence-corrected chi connectivity index (χ0v) is 19.4. The van der Waals surface area contributed by atoms with Gasteiger partial charge in [0.05, 0.1) is 29.9 Å². The number of aryl methyl sites for hydroxylation is 1. The lowest BCUT2D eigenvalue weighted by Crippen LogP contribution is -2.33. The van der Waals surface area contributed by atoms with Crippen LogP contribution in [0.3, 0.4) is 0 Å². The van der Waals surface area contributed by atoms with Gasteiger partial charge >= 0.3 is 5.43 Å². The molecule has 34 heavy (non-hydrogen) atoms. The lowest BCUT2D eigenvalue weighted by molar-refractivity contribution is 0.0412. The van der Waals surface area contributed by atoms with Crippen molar-refractivity contribution in [2.75, 3.05) is 20.3 Å². The van der Waals surface area contributed by atoms with Gasteiger partial charge in [0, 0.05) is 22.7 Å². The van der Waals surface area contributed by atoms with Crippen LogP contribution in [0, 0.1) is 6.92 Å². The molecule has 5 rings (SSSR count). The van der Waals surface area contributed by atoms with Crippen LogP contribution in [0.1, 0.15) is 17.6 Å². The van der Waals surface area contributed by atoms with Gasteiger partial charge in [0.2, 0.25) is 5.88 Å². The van der Waals surface area contributed by atoms with Gasteiger partial charge in [0.15, 0.2) is 17.6 Å². The predicted octanol–water partition coefficient (Wildman–Crippen LogP) is 5.68. The summed E-state index contributed by atoms with van der Waals surface area (Å²) in [5, 5.41) is 0.486. The second-order valence-electron chi connectivity index (χ2n) is 7.47. The molecule has 1 atom stereocenters. The van der Waals surface area contributed by atoms with E-state index in [0.717, 1.165) is 5.56 Å². The molecule has 3 heterocycles. The van der Waals surface area contributed by atoms with Gasteiger partial charge in [-0.3, -0.25) is 0 Å². The third-order valence-corrected chi connectivity index (χ3v) is 6.40. The summed E-state index contributed by atoms with van der Waals surface area (Å²) in [6.45, 7) is 1.94. The van der Waals surface area contributed by atoms with Crippen molar-refractivity contribution in [3.8, 4) is 28.0 Å². The Hall–Kier alpha value is -3.31. The summed E-state index contributed by atoms with van der Waals surface area (Å²) >= 11 is 6.50. The van der Waals surface area contributed by atoms with Crippen molar-refractivity contribution in [2.45, 2.75) is 19.5 Å². The number of carbonyl (C=O) groups excluding carboxylic acids is 1. The number of halogens is 3. The third-order valence-electron chi connectivity index (χ3n) is 5.21. The molecule has 12 heteroatoms. The highest BCUT2D eigenvalue weighted by atomic mass is 35.5. The molecule has 1 aliphatic heterocycles. The Morgan fingerprint density at radius 3 is 2.85 bits per heavy atom. The smallest absolute Gasteiger partial charge is 0.403 e. The molecule has 0 fully saturated rings. The third kappa shape index (κ3) is 4.05. The lowest BCUT2D eigenvalue weighted by Gasteiger charge is -2.26. The van der Waals surface area contributed by atoms with Crippen LogP contribution in [0.2, 0.25) is 0 Å². The van der Waals surface area contributed by atoms with E-state index in [2.05, 4.69) is 9.97 Å². The van der Waals surface area contributed by atoms with Crippen LogP contribution in [0.15, 0.2) is 24.4 Å². The standard InChI is InChI=1S/C22H16ClF2N3O5S/c1-9-3-14-18(31-7-11(33-14)8-32-22(23)29)19-16(9)28-21(34-19)12-4-10(20(24)25)5-13-17(12)26-6-15(27-13)30-2/h3-6,11,20H,7-8H2,1-2H3/t11-/m1/s1. The summed E-state index contributed by atoms with van der Waals surface area (Å²) < 4.78 is 49.7. The highest BCUT2D eigenvalue weighted by Gasteiger charge is 2.27. The fourth-order valence-electron chi connectivity index (χ4n) is 3.67. The van der Waals surface area contributed by atoms with Gasteiger partial charge in [0.1, 0.15) is 22.9 Å². The Labute approximate surface area is 200 Å². The molecular weight excluding hydrogens is 492 g/mol. The van der Waals surface area contributed by atoms with Gasteiger partial charge in [0.25, 0.3) is 6.43 Å². The van der Waals surface area contributed by atoms with Crippen LogP contribution in [0.5, 0.6) is 17.4 Å². The van der Waals surface area contributed by atoms with E-state index >= 15 is 0 Å². The first-order chi connectivity index (χ1) is 16.3. The average molecular weight is 508 g/mol. The maximum absolute atomic E-state index is 13.6. The van der Waals surface area contributed by atoms with Crippen LogP contribution in [-0.4, -0.2) is 46.8 Å². The van der Waals surface area contributed by atoms with E-state index in [1.165, 1.54) is 36.8 Å². The molecule has 0 bridgehead atoms. The zero-order chi connectivity index (χ0) is 24.0. The van der Waals surface area contributed by atoms with Crippen molar-refractivity contribution in [3.63, 3.8) is 0 Å². The van der Waals surface area contributed by atoms with Gasteiger partial charge in [-0.1, -0.05) is 0 Å². The number of alkyl halides is 2. The van der Waals surface area contributed by atoms with Crippen molar-refractivity contribution in [1.29, 1.82) is 0 Å². The molecular formula is C22H16ClF2N3O5S. The van der Waals surface area contributed by atoms with Crippen molar-refractivity contribution in [2.24, 2.45) is 0 Å². The van der Waals surface area contributed by atoms with E-state index in [1.807, 2.05) is 6.92 Å². The quantitative estimate of drug-likeness (QED) is 0.319. The highest BCUT2D eigenvalue weighted by Crippen LogP contribution is 2.46. The summed E-state index contributed by atoms with van der Waals surface area (Å²) in [6, 6.07) is 4.44. The SMILES string of the molecule is COc1cnc2c(-c3nc4c(C)cc5c(c4s3)OC[C@H](COC(=O)Cl)O5)cc(C(F)F)cc2n1. The van der Waals surface area contributed by atoms with Crippen molar-refractivity contribution in [1.82, 2.24) is 15.0 Å². The van der Waals surface area contributed by atoms with Gasteiger partial charge < -0.3 is 18.9 Å². The Balaban J connectivity index is 1.62. The summed E-state index contributed by atoms with van der Waals surface area (Å²) in [5.41, 5.74) is 1.48. The molecule has 176 valence electrons. The number of rotatable bonds is 5. The molecule has 0 saturated carbocycles. The van der Waals surface area contributed by atoms with Gasteiger partial charge in [-0.05, 0) is 30.7 Å². The second kappa shape index (κ2) is 8.80. The Bertz CT molecular complexity index is 1430. The second-order valence-corrected chi connectivity index (χ2v) is 8.77. The number of aromatic nitrogens is 3. The summed E-state index contributed by atoms with van der Waals surface area (Å²) in [4.78, 5) is 24.2. The molecule has 2 aromatic heterocycles. The fourth-order valence-corrected chi connectivity index (χ4v) is 4.88. The molecule has 0 spiro atoms. The first-order valence-electron chi connectivity index (χ1n) is 10.0. The topological polar surface area (TPSA) is 92.7 Å².